The number of aliphatic hydroxyl groups is 2. The van der Waals surface area contributed by atoms with E-state index in [1.165, 1.54) is 11.1 Å². The van der Waals surface area contributed by atoms with Gasteiger partial charge in [0.2, 0.25) is 0 Å². The second-order valence-electron chi connectivity index (χ2n) is 9.64. The number of methoxy groups -OCH3 is 1. The fraction of sp³-hybridized carbons (Fsp3) is 0.696. The van der Waals surface area contributed by atoms with Crippen LogP contribution in [0.3, 0.4) is 0 Å². The Morgan fingerprint density at radius 1 is 1.25 bits per heavy atom. The van der Waals surface area contributed by atoms with Crippen molar-refractivity contribution in [2.24, 2.45) is 23.2 Å². The lowest BCUT2D eigenvalue weighted by Crippen LogP contribution is -2.61. The van der Waals surface area contributed by atoms with Crippen LogP contribution < -0.4 is 4.74 Å². The van der Waals surface area contributed by atoms with Gasteiger partial charge in [0.05, 0.1) is 31.8 Å². The van der Waals surface area contributed by atoms with E-state index in [0.29, 0.717) is 19.4 Å². The molecule has 3 fully saturated rings. The lowest BCUT2D eigenvalue weighted by molar-refractivity contribution is -0.184. The van der Waals surface area contributed by atoms with Gasteiger partial charge in [-0.15, -0.1) is 0 Å². The minimum Gasteiger partial charge on any atom is -0.497 e. The summed E-state index contributed by atoms with van der Waals surface area (Å²) >= 11 is 0. The fourth-order valence-electron chi connectivity index (χ4n) is 7.31. The summed E-state index contributed by atoms with van der Waals surface area (Å²) in [5.41, 5.74) is 1.22. The molecule has 1 aromatic rings. The highest BCUT2D eigenvalue weighted by Crippen LogP contribution is 2.66. The largest absolute Gasteiger partial charge is 0.497 e. The number of benzene rings is 1. The van der Waals surface area contributed by atoms with Gasteiger partial charge in [0, 0.05) is 17.3 Å². The van der Waals surface area contributed by atoms with Gasteiger partial charge in [-0.3, -0.25) is 4.79 Å². The zero-order valence-corrected chi connectivity index (χ0v) is 16.7. The zero-order valence-electron chi connectivity index (χ0n) is 16.7. The molecule has 5 heteroatoms. The highest BCUT2D eigenvalue weighted by molar-refractivity contribution is 5.71. The predicted octanol–water partition coefficient (Wildman–Crippen LogP) is 2.82. The van der Waals surface area contributed by atoms with Crippen molar-refractivity contribution in [2.75, 3.05) is 13.7 Å². The fourth-order valence-corrected chi connectivity index (χ4v) is 7.31. The molecule has 3 unspecified atom stereocenters. The first-order valence-electron chi connectivity index (χ1n) is 10.6. The number of fused-ring (bicyclic) bond motifs is 5. The zero-order chi connectivity index (χ0) is 19.7. The van der Waals surface area contributed by atoms with E-state index in [-0.39, 0.29) is 35.1 Å². The molecule has 1 aliphatic heterocycles. The van der Waals surface area contributed by atoms with Crippen LogP contribution in [-0.2, 0) is 16.0 Å². The molecule has 1 heterocycles. The molecular formula is C23H30O5. The molecule has 1 aromatic carbocycles. The summed E-state index contributed by atoms with van der Waals surface area (Å²) in [6, 6.07) is 6.12. The molecule has 5 rings (SSSR count). The van der Waals surface area contributed by atoms with Gasteiger partial charge >= 0.3 is 5.97 Å². The average molecular weight is 386 g/mol. The molecule has 2 saturated carbocycles. The highest BCUT2D eigenvalue weighted by Gasteiger charge is 2.67. The quantitative estimate of drug-likeness (QED) is 0.765. The van der Waals surface area contributed by atoms with Gasteiger partial charge in [0.1, 0.15) is 5.75 Å². The number of rotatable bonds is 2. The summed E-state index contributed by atoms with van der Waals surface area (Å²) in [6.07, 6.45) is 3.96. The average Bonchev–Trinajstić information content (AvgIpc) is 3.21. The molecule has 7 atom stereocenters. The third kappa shape index (κ3) is 2.35. The van der Waals surface area contributed by atoms with E-state index < -0.39 is 11.7 Å². The van der Waals surface area contributed by atoms with Crippen molar-refractivity contribution < 1.29 is 24.5 Å². The van der Waals surface area contributed by atoms with Crippen molar-refractivity contribution in [3.05, 3.63) is 29.3 Å². The first kappa shape index (κ1) is 18.4. The molecular weight excluding hydrogens is 356 g/mol. The molecule has 0 aromatic heterocycles. The summed E-state index contributed by atoms with van der Waals surface area (Å²) in [5, 5.41) is 23.3. The van der Waals surface area contributed by atoms with Gasteiger partial charge < -0.3 is 19.7 Å². The van der Waals surface area contributed by atoms with E-state index in [1.54, 1.807) is 7.11 Å². The molecule has 0 bridgehead atoms. The molecule has 0 amide bonds. The van der Waals surface area contributed by atoms with Gasteiger partial charge in [-0.2, -0.15) is 0 Å². The van der Waals surface area contributed by atoms with E-state index >= 15 is 0 Å². The van der Waals surface area contributed by atoms with Crippen LogP contribution in [0.5, 0.6) is 5.75 Å². The van der Waals surface area contributed by atoms with Crippen LogP contribution in [-0.4, -0.2) is 41.6 Å². The number of esters is 1. The van der Waals surface area contributed by atoms with E-state index in [1.807, 2.05) is 6.07 Å². The van der Waals surface area contributed by atoms with E-state index in [4.69, 9.17) is 9.47 Å². The molecule has 4 aliphatic rings. The van der Waals surface area contributed by atoms with Crippen LogP contribution in [0.1, 0.15) is 56.1 Å². The second-order valence-corrected chi connectivity index (χ2v) is 9.64. The summed E-state index contributed by atoms with van der Waals surface area (Å²) < 4.78 is 10.6. The third-order valence-corrected chi connectivity index (χ3v) is 8.63. The van der Waals surface area contributed by atoms with Crippen molar-refractivity contribution in [1.29, 1.82) is 0 Å². The van der Waals surface area contributed by atoms with Crippen molar-refractivity contribution in [2.45, 2.75) is 63.1 Å². The molecule has 0 spiro atoms. The minimum atomic E-state index is -0.801. The molecule has 5 nitrogen and oxygen atoms in total. The van der Waals surface area contributed by atoms with Gasteiger partial charge in [-0.05, 0) is 67.2 Å². The summed E-state index contributed by atoms with van der Waals surface area (Å²) in [7, 11) is 1.67. The normalized spacial score (nSPS) is 44.4. The number of hydrogen-bond acceptors (Lipinski definition) is 5. The Kier molecular flexibility index (Phi) is 4.08. The summed E-state index contributed by atoms with van der Waals surface area (Å²) in [6.45, 7) is 2.61. The Hall–Kier alpha value is -1.59. The maximum atomic E-state index is 12.0. The lowest BCUT2D eigenvalue weighted by Gasteiger charge is -2.58. The Labute approximate surface area is 166 Å². The number of carbonyl (C=O) groups excluding carboxylic acids is 1. The predicted molar refractivity (Wildman–Crippen MR) is 103 cm³/mol. The summed E-state index contributed by atoms with van der Waals surface area (Å²) in [5.74, 6) is 1.11. The Morgan fingerprint density at radius 2 is 2.07 bits per heavy atom. The number of aliphatic hydroxyl groups excluding tert-OH is 1. The Morgan fingerprint density at radius 3 is 2.79 bits per heavy atom. The number of aryl methyl sites for hydroxylation is 1. The molecule has 1 saturated heterocycles. The third-order valence-electron chi connectivity index (χ3n) is 8.63. The smallest absolute Gasteiger partial charge is 0.306 e. The maximum Gasteiger partial charge on any atom is 0.306 e. The van der Waals surface area contributed by atoms with Crippen LogP contribution in [0.2, 0.25) is 0 Å². The van der Waals surface area contributed by atoms with Gasteiger partial charge in [-0.25, -0.2) is 0 Å². The molecule has 3 aliphatic carbocycles. The van der Waals surface area contributed by atoms with Gasteiger partial charge in [0.15, 0.2) is 0 Å². The maximum absolute atomic E-state index is 12.0. The Balaban J connectivity index is 1.51. The first-order valence-corrected chi connectivity index (χ1v) is 10.6. The van der Waals surface area contributed by atoms with Crippen LogP contribution in [0, 0.1) is 23.2 Å². The number of cyclic esters (lactones) is 1. The van der Waals surface area contributed by atoms with Crippen molar-refractivity contribution in [3.8, 4) is 5.75 Å². The van der Waals surface area contributed by atoms with Crippen molar-refractivity contribution in [1.82, 2.24) is 0 Å². The Bertz CT molecular complexity index is 806. The van der Waals surface area contributed by atoms with Crippen LogP contribution >= 0.6 is 0 Å². The van der Waals surface area contributed by atoms with Crippen molar-refractivity contribution >= 4 is 5.97 Å². The van der Waals surface area contributed by atoms with E-state index in [9.17, 15) is 15.0 Å². The second kappa shape index (κ2) is 6.20. The van der Waals surface area contributed by atoms with Crippen LogP contribution in [0.4, 0.5) is 0 Å². The molecule has 28 heavy (non-hydrogen) atoms. The van der Waals surface area contributed by atoms with Crippen LogP contribution in [0.25, 0.3) is 0 Å². The molecule has 0 radical (unpaired) electrons. The standard InChI is InChI=1S/C23H30O5/c1-22-11-19(24)21-16-5-4-15(27-2)9-13(16)3-6-18(21)23(22,26)8-7-17(22)14-10-20(25)28-12-14/h4-5,9,14,17-19,21,24,26H,3,6-8,10-12H2,1-2H3/t14?,17?,18-,19?,21-,22-,23-/m1/s1. The topological polar surface area (TPSA) is 76.0 Å². The SMILES string of the molecule is COc1ccc2c(c1)CC[C@@H]1[C@@H]2C(O)C[C@]2(C)C(C3COC(=O)C3)CC[C@@]12O. The van der Waals surface area contributed by atoms with Gasteiger partial charge in [-0.1, -0.05) is 13.0 Å². The minimum absolute atomic E-state index is 0.0343. The highest BCUT2D eigenvalue weighted by atomic mass is 16.5. The molecule has 152 valence electrons. The van der Waals surface area contributed by atoms with E-state index in [0.717, 1.165) is 31.4 Å². The number of ether oxygens (including phenoxy) is 2. The van der Waals surface area contributed by atoms with Gasteiger partial charge in [0.25, 0.3) is 0 Å². The number of hydrogen-bond donors (Lipinski definition) is 2. The van der Waals surface area contributed by atoms with Crippen molar-refractivity contribution in [3.63, 3.8) is 0 Å². The monoisotopic (exact) mass is 386 g/mol. The van der Waals surface area contributed by atoms with Crippen LogP contribution in [0.15, 0.2) is 18.2 Å². The molecule has 2 N–H and O–H groups in total. The summed E-state index contributed by atoms with van der Waals surface area (Å²) in [4.78, 5) is 11.7. The van der Waals surface area contributed by atoms with E-state index in [2.05, 4.69) is 19.1 Å². The lowest BCUT2D eigenvalue weighted by atomic mass is 9.50. The number of carbonyl (C=O) groups is 1. The first-order chi connectivity index (χ1) is 13.4.